The van der Waals surface area contributed by atoms with E-state index in [0.717, 1.165) is 5.69 Å². The molecule has 0 spiro atoms. The number of carboxylic acid groups (broad SMARTS) is 1. The molecule has 2 aromatic rings. The van der Waals surface area contributed by atoms with Gasteiger partial charge in [-0.25, -0.2) is 4.79 Å². The second kappa shape index (κ2) is 4.86. The number of anilines is 1. The fourth-order valence-corrected chi connectivity index (χ4v) is 1.92. The molecule has 1 heterocycles. The summed E-state index contributed by atoms with van der Waals surface area (Å²) in [6, 6.07) is 12.5. The zero-order valence-corrected chi connectivity index (χ0v) is 11.3. The van der Waals surface area contributed by atoms with Crippen molar-refractivity contribution in [1.82, 2.24) is 0 Å². The van der Waals surface area contributed by atoms with Crippen molar-refractivity contribution >= 4 is 27.6 Å². The average molecular weight is 310 g/mol. The largest absolute Gasteiger partial charge is 0.479 e. The summed E-state index contributed by atoms with van der Waals surface area (Å²) in [7, 11) is 0. The summed E-state index contributed by atoms with van der Waals surface area (Å²) in [5.74, 6) is -0.668. The van der Waals surface area contributed by atoms with E-state index in [1.54, 1.807) is 31.2 Å². The highest BCUT2D eigenvalue weighted by atomic mass is 79.9. The van der Waals surface area contributed by atoms with Gasteiger partial charge in [0.25, 0.3) is 0 Å². The number of hydrogen-bond acceptors (Lipinski definition) is 3. The number of rotatable bonds is 4. The van der Waals surface area contributed by atoms with Crippen LogP contribution in [-0.2, 0) is 10.3 Å². The van der Waals surface area contributed by atoms with Crippen LogP contribution in [0.2, 0.25) is 0 Å². The minimum Gasteiger partial charge on any atom is -0.479 e. The van der Waals surface area contributed by atoms with Gasteiger partial charge in [0, 0.05) is 5.69 Å². The fourth-order valence-electron chi connectivity index (χ4n) is 1.61. The molecule has 2 rings (SSSR count). The van der Waals surface area contributed by atoms with Crippen molar-refractivity contribution in [2.45, 2.75) is 12.5 Å². The molecule has 1 aromatic carbocycles. The maximum absolute atomic E-state index is 11.5. The number of carboxylic acids is 1. The highest BCUT2D eigenvalue weighted by Gasteiger charge is 2.38. The molecule has 0 aliphatic rings. The first-order chi connectivity index (χ1) is 8.52. The number of carbonyl (C=O) groups is 1. The van der Waals surface area contributed by atoms with Gasteiger partial charge in [0.2, 0.25) is 0 Å². The quantitative estimate of drug-likeness (QED) is 0.908. The molecule has 94 valence electrons. The summed E-state index contributed by atoms with van der Waals surface area (Å²) >= 11 is 3.17. The monoisotopic (exact) mass is 309 g/mol. The van der Waals surface area contributed by atoms with E-state index in [4.69, 9.17) is 4.42 Å². The van der Waals surface area contributed by atoms with Gasteiger partial charge in [-0.05, 0) is 47.1 Å². The van der Waals surface area contributed by atoms with Crippen molar-refractivity contribution in [2.75, 3.05) is 5.32 Å². The smallest absolute Gasteiger partial charge is 0.337 e. The highest BCUT2D eigenvalue weighted by Crippen LogP contribution is 2.29. The third-order valence-corrected chi connectivity index (χ3v) is 3.09. The van der Waals surface area contributed by atoms with Gasteiger partial charge in [-0.3, -0.25) is 0 Å². The zero-order valence-electron chi connectivity index (χ0n) is 9.68. The molecule has 1 aromatic heterocycles. The van der Waals surface area contributed by atoms with Crippen LogP contribution in [0.3, 0.4) is 0 Å². The second-order valence-electron chi connectivity index (χ2n) is 4.02. The molecule has 1 atom stereocenters. The minimum absolute atomic E-state index is 0.339. The van der Waals surface area contributed by atoms with Crippen molar-refractivity contribution < 1.29 is 14.3 Å². The van der Waals surface area contributed by atoms with Crippen molar-refractivity contribution in [3.63, 3.8) is 0 Å². The average Bonchev–Trinajstić information content (AvgIpc) is 2.77. The van der Waals surface area contributed by atoms with Crippen LogP contribution in [0.1, 0.15) is 12.7 Å². The summed E-state index contributed by atoms with van der Waals surface area (Å²) in [5, 5.41) is 12.4. The van der Waals surface area contributed by atoms with Gasteiger partial charge in [0.15, 0.2) is 10.2 Å². The minimum atomic E-state index is -1.31. The van der Waals surface area contributed by atoms with Gasteiger partial charge in [0.1, 0.15) is 5.76 Å². The molecule has 1 unspecified atom stereocenters. The van der Waals surface area contributed by atoms with Crippen LogP contribution in [0.15, 0.2) is 51.6 Å². The molecule has 0 aliphatic heterocycles. The first-order valence-corrected chi connectivity index (χ1v) is 6.14. The Bertz CT molecular complexity index is 552. The molecular formula is C13H12BrNO3. The Morgan fingerprint density at radius 2 is 1.94 bits per heavy atom. The number of para-hydroxylation sites is 1. The van der Waals surface area contributed by atoms with Crippen molar-refractivity contribution in [3.05, 3.63) is 52.9 Å². The molecule has 0 saturated heterocycles. The summed E-state index contributed by atoms with van der Waals surface area (Å²) in [6.07, 6.45) is 0. The van der Waals surface area contributed by atoms with Gasteiger partial charge in [0.05, 0.1) is 0 Å². The number of benzene rings is 1. The summed E-state index contributed by atoms with van der Waals surface area (Å²) in [5.41, 5.74) is -0.595. The van der Waals surface area contributed by atoms with Gasteiger partial charge in [-0.1, -0.05) is 18.2 Å². The summed E-state index contributed by atoms with van der Waals surface area (Å²) in [6.45, 7) is 1.56. The van der Waals surface area contributed by atoms with Gasteiger partial charge in [-0.15, -0.1) is 0 Å². The van der Waals surface area contributed by atoms with E-state index in [-0.39, 0.29) is 0 Å². The molecule has 4 nitrogen and oxygen atoms in total. The van der Waals surface area contributed by atoms with Gasteiger partial charge >= 0.3 is 5.97 Å². The lowest BCUT2D eigenvalue weighted by molar-refractivity contribution is -0.142. The zero-order chi connectivity index (χ0) is 13.2. The Kier molecular flexibility index (Phi) is 3.43. The van der Waals surface area contributed by atoms with Crippen LogP contribution in [0.25, 0.3) is 0 Å². The van der Waals surface area contributed by atoms with E-state index in [1.165, 1.54) is 0 Å². The molecule has 0 bridgehead atoms. The first-order valence-electron chi connectivity index (χ1n) is 5.35. The van der Waals surface area contributed by atoms with E-state index >= 15 is 0 Å². The number of aliphatic carboxylic acids is 1. The lowest BCUT2D eigenvalue weighted by Gasteiger charge is -2.25. The Morgan fingerprint density at radius 1 is 1.28 bits per heavy atom. The molecule has 2 N–H and O–H groups in total. The number of furan rings is 1. The van der Waals surface area contributed by atoms with Crippen LogP contribution in [0, 0.1) is 0 Å². The molecule has 5 heteroatoms. The van der Waals surface area contributed by atoms with Crippen LogP contribution < -0.4 is 5.32 Å². The second-order valence-corrected chi connectivity index (χ2v) is 4.81. The van der Waals surface area contributed by atoms with Crippen LogP contribution >= 0.6 is 15.9 Å². The molecule has 18 heavy (non-hydrogen) atoms. The molecular weight excluding hydrogens is 298 g/mol. The maximum atomic E-state index is 11.5. The highest BCUT2D eigenvalue weighted by molar-refractivity contribution is 9.10. The van der Waals surface area contributed by atoms with Gasteiger partial charge in [-0.2, -0.15) is 0 Å². The fraction of sp³-hybridized carbons (Fsp3) is 0.154. The van der Waals surface area contributed by atoms with Gasteiger partial charge < -0.3 is 14.8 Å². The Labute approximate surface area is 113 Å². The van der Waals surface area contributed by atoms with E-state index in [9.17, 15) is 9.90 Å². The normalized spacial score (nSPS) is 13.9. The lowest BCUT2D eigenvalue weighted by atomic mass is 9.98. The van der Waals surface area contributed by atoms with E-state index < -0.39 is 11.5 Å². The Balaban J connectivity index is 2.36. The SMILES string of the molecule is CC(Nc1ccccc1)(C(=O)O)c1ccc(Br)o1. The van der Waals surface area contributed by atoms with Crippen LogP contribution in [0.5, 0.6) is 0 Å². The van der Waals surface area contributed by atoms with E-state index in [1.807, 2.05) is 18.2 Å². The van der Waals surface area contributed by atoms with E-state index in [0.29, 0.717) is 10.4 Å². The standard InChI is InChI=1S/C13H12BrNO3/c1-13(12(16)17,10-7-8-11(14)18-10)15-9-5-3-2-4-6-9/h2-8,15H,1H3,(H,16,17). The first kappa shape index (κ1) is 12.7. The third kappa shape index (κ3) is 2.41. The third-order valence-electron chi connectivity index (χ3n) is 2.66. The molecule has 0 amide bonds. The van der Waals surface area contributed by atoms with E-state index in [2.05, 4.69) is 21.2 Å². The van der Waals surface area contributed by atoms with Crippen LogP contribution in [-0.4, -0.2) is 11.1 Å². The maximum Gasteiger partial charge on any atom is 0.337 e. The molecule has 0 fully saturated rings. The lowest BCUT2D eigenvalue weighted by Crippen LogP contribution is -2.40. The molecule has 0 aliphatic carbocycles. The van der Waals surface area contributed by atoms with Crippen molar-refractivity contribution in [1.29, 1.82) is 0 Å². The number of nitrogens with one attached hydrogen (secondary N) is 1. The predicted molar refractivity (Wildman–Crippen MR) is 71.5 cm³/mol. The van der Waals surface area contributed by atoms with Crippen molar-refractivity contribution in [3.8, 4) is 0 Å². The molecule has 0 radical (unpaired) electrons. The Hall–Kier alpha value is -1.75. The van der Waals surface area contributed by atoms with Crippen molar-refractivity contribution in [2.24, 2.45) is 0 Å². The summed E-state index contributed by atoms with van der Waals surface area (Å²) in [4.78, 5) is 11.5. The number of hydrogen-bond donors (Lipinski definition) is 2. The Morgan fingerprint density at radius 3 is 2.44 bits per heavy atom. The topological polar surface area (TPSA) is 62.5 Å². The number of halogens is 1. The summed E-state index contributed by atoms with van der Waals surface area (Å²) < 4.78 is 5.86. The van der Waals surface area contributed by atoms with Crippen LogP contribution in [0.4, 0.5) is 5.69 Å². The predicted octanol–water partition coefficient (Wildman–Crippen LogP) is 3.45. The molecule has 0 saturated carbocycles.